The highest BCUT2D eigenvalue weighted by Gasteiger charge is 2.34. The van der Waals surface area contributed by atoms with Crippen molar-refractivity contribution in [3.05, 3.63) is 94.1 Å². The number of nitrogens with one attached hydrogen (secondary N) is 2. The van der Waals surface area contributed by atoms with Crippen molar-refractivity contribution in [2.75, 3.05) is 24.9 Å². The van der Waals surface area contributed by atoms with Gasteiger partial charge in [0.15, 0.2) is 17.3 Å². The van der Waals surface area contributed by atoms with Crippen LogP contribution in [0.25, 0.3) is 11.4 Å². The Labute approximate surface area is 217 Å². The fourth-order valence-corrected chi connectivity index (χ4v) is 4.66. The van der Waals surface area contributed by atoms with Crippen LogP contribution >= 0.6 is 15.9 Å². The monoisotopic (exact) mass is 545 g/mol. The van der Waals surface area contributed by atoms with Crippen LogP contribution in [-0.2, 0) is 4.79 Å². The Morgan fingerprint density at radius 2 is 1.78 bits per heavy atom. The third kappa shape index (κ3) is 4.45. The minimum Gasteiger partial charge on any atom is -0.493 e. The highest BCUT2D eigenvalue weighted by Crippen LogP contribution is 2.38. The number of amides is 1. The van der Waals surface area contributed by atoms with E-state index in [1.165, 1.54) is 0 Å². The average molecular weight is 546 g/mol. The van der Waals surface area contributed by atoms with Crippen LogP contribution in [-0.4, -0.2) is 34.9 Å². The van der Waals surface area contributed by atoms with Crippen LogP contribution in [0.4, 0.5) is 11.6 Å². The summed E-state index contributed by atoms with van der Waals surface area (Å²) in [6, 6.07) is 22.3. The maximum Gasteiger partial charge on any atom is 0.255 e. The lowest BCUT2D eigenvalue weighted by Gasteiger charge is -2.28. The molecule has 5 rings (SSSR count). The van der Waals surface area contributed by atoms with Crippen LogP contribution in [0.2, 0.25) is 0 Å². The predicted octanol–water partition coefficient (Wildman–Crippen LogP) is 5.65. The predicted molar refractivity (Wildman–Crippen MR) is 142 cm³/mol. The SMILES string of the molecule is COc1ccc(-c2nc3n(n2)C(c2cccc(Br)c2)C(C(=O)Nc2ccccc2)=C(C)N3)cc1OC. The van der Waals surface area contributed by atoms with Gasteiger partial charge in [-0.2, -0.15) is 4.98 Å². The number of carbonyl (C=O) groups excluding carboxylic acids is 1. The van der Waals surface area contributed by atoms with E-state index in [0.717, 1.165) is 15.6 Å². The summed E-state index contributed by atoms with van der Waals surface area (Å²) in [6.07, 6.45) is 0. The van der Waals surface area contributed by atoms with E-state index < -0.39 is 6.04 Å². The zero-order valence-corrected chi connectivity index (χ0v) is 21.5. The Morgan fingerprint density at radius 3 is 2.50 bits per heavy atom. The topological polar surface area (TPSA) is 90.3 Å². The molecule has 0 fully saturated rings. The van der Waals surface area contributed by atoms with E-state index in [4.69, 9.17) is 19.6 Å². The van der Waals surface area contributed by atoms with E-state index in [-0.39, 0.29) is 5.91 Å². The lowest BCUT2D eigenvalue weighted by Crippen LogP contribution is -2.31. The van der Waals surface area contributed by atoms with Crippen molar-refractivity contribution >= 4 is 33.5 Å². The largest absolute Gasteiger partial charge is 0.493 e. The van der Waals surface area contributed by atoms with Gasteiger partial charge in [-0.15, -0.1) is 5.10 Å². The molecule has 1 amide bonds. The first-order valence-electron chi connectivity index (χ1n) is 11.3. The number of ether oxygens (including phenoxy) is 2. The summed E-state index contributed by atoms with van der Waals surface area (Å²) < 4.78 is 13.5. The second kappa shape index (κ2) is 9.87. The van der Waals surface area contributed by atoms with E-state index in [0.29, 0.717) is 40.2 Å². The van der Waals surface area contributed by atoms with Gasteiger partial charge in [-0.25, -0.2) is 4.68 Å². The van der Waals surface area contributed by atoms with Crippen LogP contribution in [0.5, 0.6) is 11.5 Å². The normalized spacial score (nSPS) is 14.6. The first kappa shape index (κ1) is 23.6. The van der Waals surface area contributed by atoms with Gasteiger partial charge in [0.1, 0.15) is 6.04 Å². The number of methoxy groups -OCH3 is 2. The number of nitrogens with zero attached hydrogens (tertiary/aromatic N) is 3. The molecule has 36 heavy (non-hydrogen) atoms. The van der Waals surface area contributed by atoms with Crippen molar-refractivity contribution in [3.8, 4) is 22.9 Å². The number of hydrogen-bond acceptors (Lipinski definition) is 6. The van der Waals surface area contributed by atoms with Crippen molar-refractivity contribution in [2.24, 2.45) is 0 Å². The number of allylic oxidation sites excluding steroid dienone is 1. The molecular formula is C27H24BrN5O3. The minimum atomic E-state index is -0.496. The van der Waals surface area contributed by atoms with Gasteiger partial charge in [0, 0.05) is 21.4 Å². The Kier molecular flexibility index (Phi) is 6.47. The fourth-order valence-electron chi connectivity index (χ4n) is 4.25. The molecule has 182 valence electrons. The molecule has 1 aliphatic heterocycles. The molecule has 1 aromatic heterocycles. The van der Waals surface area contributed by atoms with Crippen LogP contribution < -0.4 is 20.1 Å². The molecule has 0 spiro atoms. The molecule has 0 saturated carbocycles. The molecule has 1 aliphatic rings. The van der Waals surface area contributed by atoms with E-state index in [9.17, 15) is 4.79 Å². The number of rotatable bonds is 6. The van der Waals surface area contributed by atoms with E-state index in [1.54, 1.807) is 18.9 Å². The maximum atomic E-state index is 13.6. The summed E-state index contributed by atoms with van der Waals surface area (Å²) in [5, 5.41) is 11.1. The quantitative estimate of drug-likeness (QED) is 0.325. The van der Waals surface area contributed by atoms with Crippen molar-refractivity contribution in [2.45, 2.75) is 13.0 Å². The Hall–Kier alpha value is -4.11. The Morgan fingerprint density at radius 1 is 1.00 bits per heavy atom. The third-order valence-corrected chi connectivity index (χ3v) is 6.43. The lowest BCUT2D eigenvalue weighted by atomic mass is 9.95. The number of para-hydroxylation sites is 1. The molecular weight excluding hydrogens is 522 g/mol. The van der Waals surface area contributed by atoms with Gasteiger partial charge >= 0.3 is 0 Å². The van der Waals surface area contributed by atoms with Crippen molar-refractivity contribution < 1.29 is 14.3 Å². The number of hydrogen-bond donors (Lipinski definition) is 2. The van der Waals surface area contributed by atoms with Gasteiger partial charge in [-0.1, -0.05) is 46.3 Å². The highest BCUT2D eigenvalue weighted by atomic mass is 79.9. The molecule has 1 atom stereocenters. The zero-order chi connectivity index (χ0) is 25.2. The van der Waals surface area contributed by atoms with Crippen molar-refractivity contribution in [3.63, 3.8) is 0 Å². The van der Waals surface area contributed by atoms with Gasteiger partial charge in [0.05, 0.1) is 19.8 Å². The van der Waals surface area contributed by atoms with Gasteiger partial charge in [-0.05, 0) is 55.0 Å². The second-order valence-electron chi connectivity index (χ2n) is 8.21. The second-order valence-corrected chi connectivity index (χ2v) is 9.13. The Bertz CT molecular complexity index is 1470. The molecule has 1 unspecified atom stereocenters. The number of benzene rings is 3. The molecule has 0 radical (unpaired) electrons. The molecule has 2 heterocycles. The average Bonchev–Trinajstić information content (AvgIpc) is 3.31. The molecule has 0 saturated heterocycles. The first-order valence-corrected chi connectivity index (χ1v) is 12.1. The highest BCUT2D eigenvalue weighted by molar-refractivity contribution is 9.10. The summed E-state index contributed by atoms with van der Waals surface area (Å²) in [5.74, 6) is 2.02. The van der Waals surface area contributed by atoms with Gasteiger partial charge < -0.3 is 20.1 Å². The summed E-state index contributed by atoms with van der Waals surface area (Å²) in [5.41, 5.74) is 3.62. The molecule has 0 bridgehead atoms. The molecule has 4 aromatic rings. The van der Waals surface area contributed by atoms with Crippen molar-refractivity contribution in [1.29, 1.82) is 0 Å². The number of anilines is 2. The van der Waals surface area contributed by atoms with Gasteiger partial charge in [0.2, 0.25) is 5.95 Å². The summed E-state index contributed by atoms with van der Waals surface area (Å²) in [6.45, 7) is 1.87. The van der Waals surface area contributed by atoms with E-state index in [2.05, 4.69) is 26.6 Å². The van der Waals surface area contributed by atoms with Crippen LogP contribution in [0.3, 0.4) is 0 Å². The smallest absolute Gasteiger partial charge is 0.255 e. The number of fused-ring (bicyclic) bond motifs is 1. The maximum absolute atomic E-state index is 13.6. The minimum absolute atomic E-state index is 0.218. The van der Waals surface area contributed by atoms with Gasteiger partial charge in [0.25, 0.3) is 5.91 Å². The molecule has 2 N–H and O–H groups in total. The van der Waals surface area contributed by atoms with E-state index >= 15 is 0 Å². The fraction of sp³-hybridized carbons (Fsp3) is 0.148. The molecule has 3 aromatic carbocycles. The number of halogens is 1. The standard InChI is InChI=1S/C27H24BrN5O3/c1-16-23(26(34)30-20-10-5-4-6-11-20)24(17-8-7-9-19(28)14-17)33-27(29-16)31-25(32-33)18-12-13-21(35-2)22(15-18)36-3/h4-15,24H,1-3H3,(H,30,34)(H,29,31,32). The number of carbonyl (C=O) groups is 1. The van der Waals surface area contributed by atoms with Crippen LogP contribution in [0.1, 0.15) is 18.5 Å². The summed E-state index contributed by atoms with van der Waals surface area (Å²) in [4.78, 5) is 18.3. The van der Waals surface area contributed by atoms with E-state index in [1.807, 2.05) is 79.7 Å². The molecule has 9 heteroatoms. The summed E-state index contributed by atoms with van der Waals surface area (Å²) >= 11 is 3.56. The lowest BCUT2D eigenvalue weighted by molar-refractivity contribution is -0.113. The number of aromatic nitrogens is 3. The van der Waals surface area contributed by atoms with Gasteiger partial charge in [-0.3, -0.25) is 4.79 Å². The third-order valence-electron chi connectivity index (χ3n) is 5.94. The van der Waals surface area contributed by atoms with Crippen LogP contribution in [0.15, 0.2) is 88.5 Å². The first-order chi connectivity index (χ1) is 17.5. The van der Waals surface area contributed by atoms with Crippen molar-refractivity contribution in [1.82, 2.24) is 14.8 Å². The zero-order valence-electron chi connectivity index (χ0n) is 19.9. The van der Waals surface area contributed by atoms with Crippen LogP contribution in [0, 0.1) is 0 Å². The molecule has 8 nitrogen and oxygen atoms in total. The molecule has 0 aliphatic carbocycles. The summed E-state index contributed by atoms with van der Waals surface area (Å²) in [7, 11) is 3.18. The Balaban J connectivity index is 1.60.